The number of rotatable bonds is 2. The van der Waals surface area contributed by atoms with Gasteiger partial charge in [-0.2, -0.15) is 0 Å². The van der Waals surface area contributed by atoms with E-state index >= 15 is 0 Å². The molecule has 0 saturated heterocycles. The minimum atomic E-state index is -0.988. The summed E-state index contributed by atoms with van der Waals surface area (Å²) in [6.45, 7) is 0. The molecule has 2 aromatic carbocycles. The summed E-state index contributed by atoms with van der Waals surface area (Å²) in [5.74, 6) is -0.312. The van der Waals surface area contributed by atoms with Gasteiger partial charge in [-0.25, -0.2) is 4.79 Å². The van der Waals surface area contributed by atoms with Gasteiger partial charge in [0.05, 0.1) is 11.1 Å². The largest absolute Gasteiger partial charge is 0.480 e. The molecule has 4 heteroatoms. The highest BCUT2D eigenvalue weighted by molar-refractivity contribution is 5.95. The Balaban J connectivity index is 1.84. The molecule has 112 valence electrons. The van der Waals surface area contributed by atoms with Crippen LogP contribution in [0.3, 0.4) is 0 Å². The lowest BCUT2D eigenvalue weighted by Gasteiger charge is -2.25. The van der Waals surface area contributed by atoms with Crippen LogP contribution >= 0.6 is 0 Å². The molecule has 1 aromatic heterocycles. The third-order valence-corrected chi connectivity index (χ3v) is 3.92. The molecule has 0 aliphatic carbocycles. The molecule has 4 rings (SSSR count). The zero-order valence-corrected chi connectivity index (χ0v) is 12.1. The van der Waals surface area contributed by atoms with E-state index in [2.05, 4.69) is 4.98 Å². The molecule has 1 aliphatic heterocycles. The van der Waals surface area contributed by atoms with E-state index in [1.165, 1.54) is 0 Å². The van der Waals surface area contributed by atoms with Crippen molar-refractivity contribution in [3.05, 3.63) is 77.5 Å². The molecule has 23 heavy (non-hydrogen) atoms. The van der Waals surface area contributed by atoms with E-state index in [0.717, 1.165) is 22.0 Å². The van der Waals surface area contributed by atoms with E-state index in [1.807, 2.05) is 54.6 Å². The number of nitrogens with zero attached hydrogens (tertiary/aromatic N) is 1. The van der Waals surface area contributed by atoms with Crippen molar-refractivity contribution in [2.24, 2.45) is 0 Å². The van der Waals surface area contributed by atoms with Crippen molar-refractivity contribution in [3.8, 4) is 5.75 Å². The Kier molecular flexibility index (Phi) is 3.08. The number of para-hydroxylation sites is 2. The Bertz CT molecular complexity index is 946. The van der Waals surface area contributed by atoms with Crippen LogP contribution in [0.25, 0.3) is 17.0 Å². The Morgan fingerprint density at radius 2 is 1.87 bits per heavy atom. The van der Waals surface area contributed by atoms with Crippen LogP contribution in [0.2, 0.25) is 0 Å². The summed E-state index contributed by atoms with van der Waals surface area (Å²) in [5, 5.41) is 10.5. The number of carboxylic acids is 1. The molecule has 3 aromatic rings. The number of hydrogen-bond acceptors (Lipinski definition) is 3. The second-order valence-corrected chi connectivity index (χ2v) is 5.40. The molecular weight excluding hydrogens is 290 g/mol. The van der Waals surface area contributed by atoms with Crippen molar-refractivity contribution in [2.75, 3.05) is 0 Å². The first-order valence-electron chi connectivity index (χ1n) is 7.27. The van der Waals surface area contributed by atoms with Crippen molar-refractivity contribution in [1.29, 1.82) is 0 Å². The fraction of sp³-hybridized carbons (Fsp3) is 0.0526. The predicted molar refractivity (Wildman–Crippen MR) is 87.2 cm³/mol. The van der Waals surface area contributed by atoms with Gasteiger partial charge in [0.2, 0.25) is 0 Å². The van der Waals surface area contributed by atoms with Crippen LogP contribution in [0.1, 0.15) is 17.2 Å². The Hall–Kier alpha value is -3.14. The highest BCUT2D eigenvalue weighted by Crippen LogP contribution is 2.37. The van der Waals surface area contributed by atoms with Gasteiger partial charge in [0.1, 0.15) is 5.75 Å². The molecule has 0 spiro atoms. The summed E-state index contributed by atoms with van der Waals surface area (Å²) < 4.78 is 5.95. The number of aliphatic carboxylic acids is 1. The van der Waals surface area contributed by atoms with Crippen LogP contribution in [-0.4, -0.2) is 16.1 Å². The number of aromatic nitrogens is 1. The minimum absolute atomic E-state index is 0.209. The maximum atomic E-state index is 11.6. The number of carboxylic acid groups (broad SMARTS) is 1. The van der Waals surface area contributed by atoms with Gasteiger partial charge in [0.25, 0.3) is 0 Å². The summed E-state index contributed by atoms with van der Waals surface area (Å²) in [6.07, 6.45) is 2.68. The molecule has 0 radical (unpaired) electrons. The van der Waals surface area contributed by atoms with E-state index in [-0.39, 0.29) is 5.57 Å². The lowest BCUT2D eigenvalue weighted by molar-refractivity contribution is -0.133. The van der Waals surface area contributed by atoms with Gasteiger partial charge >= 0.3 is 5.97 Å². The molecule has 0 fully saturated rings. The molecule has 1 N–H and O–H groups in total. The molecule has 0 amide bonds. The topological polar surface area (TPSA) is 59.4 Å². The van der Waals surface area contributed by atoms with Gasteiger partial charge in [-0.15, -0.1) is 0 Å². The van der Waals surface area contributed by atoms with E-state index in [1.54, 1.807) is 12.3 Å². The minimum Gasteiger partial charge on any atom is -0.480 e. The Labute approximate surface area is 132 Å². The quantitative estimate of drug-likeness (QED) is 0.781. The van der Waals surface area contributed by atoms with E-state index in [0.29, 0.717) is 5.75 Å². The van der Waals surface area contributed by atoms with E-state index < -0.39 is 12.1 Å². The lowest BCUT2D eigenvalue weighted by atomic mass is 9.96. The molecule has 4 nitrogen and oxygen atoms in total. The number of carbonyl (C=O) groups is 1. The fourth-order valence-electron chi connectivity index (χ4n) is 2.79. The van der Waals surface area contributed by atoms with E-state index in [9.17, 15) is 9.90 Å². The van der Waals surface area contributed by atoms with Crippen LogP contribution < -0.4 is 4.74 Å². The number of fused-ring (bicyclic) bond motifs is 2. The summed E-state index contributed by atoms with van der Waals surface area (Å²) in [7, 11) is 0. The molecular formula is C19H13NO3. The normalized spacial score (nSPS) is 16.3. The predicted octanol–water partition coefficient (Wildman–Crippen LogP) is 3.84. The van der Waals surface area contributed by atoms with Crippen molar-refractivity contribution < 1.29 is 14.6 Å². The van der Waals surface area contributed by atoms with Gasteiger partial charge in [0.15, 0.2) is 6.10 Å². The molecule has 0 saturated carbocycles. The first-order valence-corrected chi connectivity index (χ1v) is 7.27. The monoisotopic (exact) mass is 303 g/mol. The second-order valence-electron chi connectivity index (χ2n) is 5.40. The average molecular weight is 303 g/mol. The number of hydrogen-bond donors (Lipinski definition) is 1. The van der Waals surface area contributed by atoms with Crippen LogP contribution in [0.4, 0.5) is 0 Å². The third kappa shape index (κ3) is 2.34. The average Bonchev–Trinajstić information content (AvgIpc) is 2.60. The van der Waals surface area contributed by atoms with Crippen molar-refractivity contribution in [2.45, 2.75) is 6.10 Å². The maximum Gasteiger partial charge on any atom is 0.335 e. The van der Waals surface area contributed by atoms with Crippen LogP contribution in [-0.2, 0) is 4.79 Å². The first-order chi connectivity index (χ1) is 11.2. The molecule has 2 heterocycles. The van der Waals surface area contributed by atoms with E-state index in [4.69, 9.17) is 4.74 Å². The fourth-order valence-corrected chi connectivity index (χ4v) is 2.79. The Morgan fingerprint density at radius 1 is 1.09 bits per heavy atom. The first kappa shape index (κ1) is 13.5. The summed E-state index contributed by atoms with van der Waals surface area (Å²) in [4.78, 5) is 16.0. The molecule has 1 aliphatic rings. The summed E-state index contributed by atoms with van der Waals surface area (Å²) in [5.41, 5.74) is 2.58. The van der Waals surface area contributed by atoms with Crippen molar-refractivity contribution in [3.63, 3.8) is 0 Å². The number of pyridine rings is 1. The smallest absolute Gasteiger partial charge is 0.335 e. The van der Waals surface area contributed by atoms with Crippen molar-refractivity contribution in [1.82, 2.24) is 4.98 Å². The standard InChI is InChI=1S/C19H13NO3/c21-19(22)15-10-13-6-2-4-8-17(13)23-18(15)14-9-12-5-1-3-7-16(12)20-11-14/h1-11,18H,(H,21,22). The Morgan fingerprint density at radius 3 is 2.74 bits per heavy atom. The van der Waals surface area contributed by atoms with Crippen LogP contribution in [0, 0.1) is 0 Å². The molecule has 1 atom stereocenters. The van der Waals surface area contributed by atoms with Crippen molar-refractivity contribution >= 4 is 22.9 Å². The van der Waals surface area contributed by atoms with Gasteiger partial charge < -0.3 is 9.84 Å². The number of benzene rings is 2. The van der Waals surface area contributed by atoms with Crippen LogP contribution in [0.5, 0.6) is 5.75 Å². The zero-order chi connectivity index (χ0) is 15.8. The molecule has 1 unspecified atom stereocenters. The van der Waals surface area contributed by atoms with Gasteiger partial charge in [-0.1, -0.05) is 36.4 Å². The molecule has 0 bridgehead atoms. The van der Waals surface area contributed by atoms with Gasteiger partial charge in [-0.05, 0) is 24.3 Å². The second kappa shape index (κ2) is 5.25. The van der Waals surface area contributed by atoms with Gasteiger partial charge in [0, 0.05) is 22.7 Å². The maximum absolute atomic E-state index is 11.6. The highest BCUT2D eigenvalue weighted by atomic mass is 16.5. The highest BCUT2D eigenvalue weighted by Gasteiger charge is 2.29. The zero-order valence-electron chi connectivity index (χ0n) is 12.1. The summed E-state index contributed by atoms with van der Waals surface area (Å²) >= 11 is 0. The SMILES string of the molecule is O=C(O)C1=Cc2ccccc2OC1c1cnc2ccccc2c1. The number of ether oxygens (including phenoxy) is 1. The van der Waals surface area contributed by atoms with Gasteiger partial charge in [-0.3, -0.25) is 4.98 Å². The third-order valence-electron chi connectivity index (χ3n) is 3.92. The summed E-state index contributed by atoms with van der Waals surface area (Å²) in [6, 6.07) is 17.1. The van der Waals surface area contributed by atoms with Crippen LogP contribution in [0.15, 0.2) is 66.4 Å². The lowest BCUT2D eigenvalue weighted by Crippen LogP contribution is -2.20.